The summed E-state index contributed by atoms with van der Waals surface area (Å²) in [6.45, 7) is 1.83. The number of aliphatic hydroxyl groups excluding tert-OH is 1. The molecule has 1 saturated heterocycles. The highest BCUT2D eigenvalue weighted by atomic mass is 16.3. The SMILES string of the molecule is O=C(CCc1cccnc1)N1CCC(CO)CC1. The Morgan fingerprint density at radius 3 is 2.83 bits per heavy atom. The Labute approximate surface area is 108 Å². The summed E-state index contributed by atoms with van der Waals surface area (Å²) in [5, 5.41) is 9.06. The summed E-state index contributed by atoms with van der Waals surface area (Å²) in [4.78, 5) is 18.0. The minimum atomic E-state index is 0.218. The summed E-state index contributed by atoms with van der Waals surface area (Å²) in [6.07, 6.45) is 6.71. The first-order valence-corrected chi connectivity index (χ1v) is 6.57. The van der Waals surface area contributed by atoms with Crippen LogP contribution in [0.15, 0.2) is 24.5 Å². The van der Waals surface area contributed by atoms with Crippen LogP contribution in [-0.4, -0.2) is 40.6 Å². The summed E-state index contributed by atoms with van der Waals surface area (Å²) in [6, 6.07) is 3.89. The van der Waals surface area contributed by atoms with Gasteiger partial charge in [-0.05, 0) is 36.8 Å². The highest BCUT2D eigenvalue weighted by Crippen LogP contribution is 2.17. The van der Waals surface area contributed by atoms with E-state index < -0.39 is 0 Å². The monoisotopic (exact) mass is 248 g/mol. The van der Waals surface area contributed by atoms with Crippen LogP contribution in [0.3, 0.4) is 0 Å². The van der Waals surface area contributed by atoms with Gasteiger partial charge in [0.05, 0.1) is 0 Å². The van der Waals surface area contributed by atoms with Gasteiger partial charge in [-0.3, -0.25) is 9.78 Å². The quantitative estimate of drug-likeness (QED) is 0.872. The van der Waals surface area contributed by atoms with Crippen molar-refractivity contribution in [2.45, 2.75) is 25.7 Å². The molecule has 0 radical (unpaired) electrons. The van der Waals surface area contributed by atoms with E-state index in [0.29, 0.717) is 12.3 Å². The molecule has 1 N–H and O–H groups in total. The van der Waals surface area contributed by atoms with Gasteiger partial charge in [0.25, 0.3) is 0 Å². The molecule has 0 saturated carbocycles. The van der Waals surface area contributed by atoms with Crippen molar-refractivity contribution in [1.82, 2.24) is 9.88 Å². The van der Waals surface area contributed by atoms with Crippen molar-refractivity contribution in [1.29, 1.82) is 0 Å². The van der Waals surface area contributed by atoms with Crippen LogP contribution in [0.25, 0.3) is 0 Å². The van der Waals surface area contributed by atoms with E-state index in [1.807, 2.05) is 23.2 Å². The van der Waals surface area contributed by atoms with E-state index in [9.17, 15) is 4.79 Å². The van der Waals surface area contributed by atoms with E-state index in [1.165, 1.54) is 0 Å². The largest absolute Gasteiger partial charge is 0.396 e. The number of nitrogens with zero attached hydrogens (tertiary/aromatic N) is 2. The highest BCUT2D eigenvalue weighted by Gasteiger charge is 2.21. The number of pyridine rings is 1. The average Bonchev–Trinajstić information content (AvgIpc) is 2.46. The smallest absolute Gasteiger partial charge is 0.222 e. The summed E-state index contributed by atoms with van der Waals surface area (Å²) < 4.78 is 0. The first kappa shape index (κ1) is 13.0. The van der Waals surface area contributed by atoms with Crippen molar-refractivity contribution < 1.29 is 9.90 Å². The zero-order valence-electron chi connectivity index (χ0n) is 10.6. The number of aromatic nitrogens is 1. The molecule has 4 nitrogen and oxygen atoms in total. The zero-order chi connectivity index (χ0) is 12.8. The van der Waals surface area contributed by atoms with Gasteiger partial charge >= 0.3 is 0 Å². The molecule has 1 amide bonds. The number of hydrogen-bond donors (Lipinski definition) is 1. The molecular weight excluding hydrogens is 228 g/mol. The second-order valence-electron chi connectivity index (χ2n) is 4.87. The lowest BCUT2D eigenvalue weighted by molar-refractivity contribution is -0.132. The van der Waals surface area contributed by atoms with Crippen LogP contribution in [0.4, 0.5) is 0 Å². The average molecular weight is 248 g/mol. The molecule has 1 fully saturated rings. The minimum Gasteiger partial charge on any atom is -0.396 e. The number of aliphatic hydroxyl groups is 1. The highest BCUT2D eigenvalue weighted by molar-refractivity contribution is 5.76. The lowest BCUT2D eigenvalue weighted by Crippen LogP contribution is -2.39. The third kappa shape index (κ3) is 3.53. The van der Waals surface area contributed by atoms with Gasteiger partial charge in [-0.2, -0.15) is 0 Å². The Morgan fingerprint density at radius 1 is 1.44 bits per heavy atom. The summed E-state index contributed by atoms with van der Waals surface area (Å²) in [5.74, 6) is 0.600. The maximum atomic E-state index is 12.0. The molecule has 4 heteroatoms. The number of carbonyl (C=O) groups excluding carboxylic acids is 1. The molecule has 0 bridgehead atoms. The van der Waals surface area contributed by atoms with E-state index in [1.54, 1.807) is 6.20 Å². The predicted molar refractivity (Wildman–Crippen MR) is 68.9 cm³/mol. The number of rotatable bonds is 4. The van der Waals surface area contributed by atoms with Gasteiger partial charge in [0.15, 0.2) is 0 Å². The van der Waals surface area contributed by atoms with Gasteiger partial charge in [-0.1, -0.05) is 6.07 Å². The number of likely N-dealkylation sites (tertiary alicyclic amines) is 1. The molecule has 1 aliphatic heterocycles. The first-order valence-electron chi connectivity index (χ1n) is 6.57. The third-order valence-corrected chi connectivity index (χ3v) is 3.58. The molecule has 1 aromatic rings. The van der Waals surface area contributed by atoms with Gasteiger partial charge in [0, 0.05) is 38.5 Å². The fourth-order valence-electron chi connectivity index (χ4n) is 2.32. The molecule has 2 rings (SSSR count). The van der Waals surface area contributed by atoms with E-state index in [0.717, 1.165) is 37.9 Å². The third-order valence-electron chi connectivity index (χ3n) is 3.58. The zero-order valence-corrected chi connectivity index (χ0v) is 10.6. The van der Waals surface area contributed by atoms with Crippen molar-refractivity contribution in [2.75, 3.05) is 19.7 Å². The number of aryl methyl sites for hydroxylation is 1. The summed E-state index contributed by atoms with van der Waals surface area (Å²) >= 11 is 0. The van der Waals surface area contributed by atoms with Crippen molar-refractivity contribution in [3.63, 3.8) is 0 Å². The standard InChI is InChI=1S/C14H20N2O2/c17-11-13-5-8-16(9-6-13)14(18)4-3-12-2-1-7-15-10-12/h1-2,7,10,13,17H,3-6,8-9,11H2. The first-order chi connectivity index (χ1) is 8.79. The fraction of sp³-hybridized carbons (Fsp3) is 0.571. The Morgan fingerprint density at radius 2 is 2.22 bits per heavy atom. The van der Waals surface area contributed by atoms with Gasteiger partial charge in [-0.15, -0.1) is 0 Å². The van der Waals surface area contributed by atoms with Crippen molar-refractivity contribution in [3.05, 3.63) is 30.1 Å². The topological polar surface area (TPSA) is 53.4 Å². The van der Waals surface area contributed by atoms with Crippen molar-refractivity contribution in [3.8, 4) is 0 Å². The van der Waals surface area contributed by atoms with Gasteiger partial charge in [-0.25, -0.2) is 0 Å². The predicted octanol–water partition coefficient (Wildman–Crippen LogP) is 1.25. The van der Waals surface area contributed by atoms with Crippen LogP contribution in [-0.2, 0) is 11.2 Å². The Hall–Kier alpha value is -1.42. The summed E-state index contributed by atoms with van der Waals surface area (Å²) in [7, 11) is 0. The molecule has 0 spiro atoms. The minimum absolute atomic E-state index is 0.218. The van der Waals surface area contributed by atoms with Crippen LogP contribution in [0.5, 0.6) is 0 Å². The molecule has 2 heterocycles. The van der Waals surface area contributed by atoms with Crippen molar-refractivity contribution >= 4 is 5.91 Å². The number of amides is 1. The number of hydrogen-bond acceptors (Lipinski definition) is 3. The van der Waals surface area contributed by atoms with E-state index in [-0.39, 0.29) is 12.5 Å². The fourth-order valence-corrected chi connectivity index (χ4v) is 2.32. The van der Waals surface area contributed by atoms with Crippen LogP contribution < -0.4 is 0 Å². The van der Waals surface area contributed by atoms with Gasteiger partial charge in [0.2, 0.25) is 5.91 Å². The normalized spacial score (nSPS) is 16.8. The van der Waals surface area contributed by atoms with Gasteiger partial charge < -0.3 is 10.0 Å². The molecule has 0 unspecified atom stereocenters. The van der Waals surface area contributed by atoms with Gasteiger partial charge in [0.1, 0.15) is 0 Å². The lowest BCUT2D eigenvalue weighted by atomic mass is 9.97. The maximum Gasteiger partial charge on any atom is 0.222 e. The second-order valence-corrected chi connectivity index (χ2v) is 4.87. The molecular formula is C14H20N2O2. The molecule has 98 valence electrons. The van der Waals surface area contributed by atoms with Crippen LogP contribution in [0.2, 0.25) is 0 Å². The molecule has 0 aromatic carbocycles. The number of carbonyl (C=O) groups is 1. The van der Waals surface area contributed by atoms with E-state index >= 15 is 0 Å². The second kappa shape index (κ2) is 6.50. The van der Waals surface area contributed by atoms with E-state index in [4.69, 9.17) is 5.11 Å². The maximum absolute atomic E-state index is 12.0. The van der Waals surface area contributed by atoms with E-state index in [2.05, 4.69) is 4.98 Å². The Kier molecular flexibility index (Phi) is 4.70. The molecule has 1 aromatic heterocycles. The van der Waals surface area contributed by atoms with Crippen LogP contribution >= 0.6 is 0 Å². The molecule has 0 aliphatic carbocycles. The molecule has 0 atom stereocenters. The van der Waals surface area contributed by atoms with Crippen LogP contribution in [0, 0.1) is 5.92 Å². The van der Waals surface area contributed by atoms with Crippen LogP contribution in [0.1, 0.15) is 24.8 Å². The molecule has 18 heavy (non-hydrogen) atoms. The summed E-state index contributed by atoms with van der Waals surface area (Å²) in [5.41, 5.74) is 1.11. The van der Waals surface area contributed by atoms with Crippen molar-refractivity contribution in [2.24, 2.45) is 5.92 Å². The Bertz CT molecular complexity index is 373. The number of piperidine rings is 1. The Balaban J connectivity index is 1.75. The molecule has 1 aliphatic rings. The lowest BCUT2D eigenvalue weighted by Gasteiger charge is -2.31.